The molecule has 0 amide bonds. The summed E-state index contributed by atoms with van der Waals surface area (Å²) in [5.74, 6) is 3.43. The van der Waals surface area contributed by atoms with E-state index in [1.54, 1.807) is 7.11 Å². The highest BCUT2D eigenvalue weighted by atomic mass is 16.5. The van der Waals surface area contributed by atoms with E-state index in [-0.39, 0.29) is 0 Å². The molecular weight excluding hydrogens is 418 g/mol. The number of aromatic nitrogens is 5. The minimum atomic E-state index is 0.324. The summed E-state index contributed by atoms with van der Waals surface area (Å²) in [6, 6.07) is 12.5. The number of imidazole rings is 1. The van der Waals surface area contributed by atoms with E-state index >= 15 is 0 Å². The van der Waals surface area contributed by atoms with Gasteiger partial charge in [-0.15, -0.1) is 10.2 Å². The van der Waals surface area contributed by atoms with E-state index in [1.165, 1.54) is 13.0 Å². The largest absolute Gasteiger partial charge is 0.497 e. The number of hydrogen-bond acceptors (Lipinski definition) is 7. The van der Waals surface area contributed by atoms with Crippen LogP contribution >= 0.6 is 0 Å². The standard InChI is InChI=1S/C21H24N6O.C2H2O.CH5N/c1-13(2)26-12-23-19-17(26)7-6-8-18(19)27-20(24-25-21(27)22-4)16-11-15(28-5)10-9-14(16)3;1-2-3;1-2/h6-13H,1-5H3,(H,22,25);1H2;2H2,1H3. The van der Waals surface area contributed by atoms with Crippen LogP contribution in [0.2, 0.25) is 0 Å². The predicted octanol–water partition coefficient (Wildman–Crippen LogP) is 3.80. The van der Waals surface area contributed by atoms with Crippen LogP contribution in [0.15, 0.2) is 49.3 Å². The molecule has 0 bridgehead atoms. The van der Waals surface area contributed by atoms with Crippen molar-refractivity contribution in [3.8, 4) is 22.8 Å². The third-order valence-corrected chi connectivity index (χ3v) is 4.95. The van der Waals surface area contributed by atoms with Gasteiger partial charge < -0.3 is 20.4 Å². The van der Waals surface area contributed by atoms with Crippen molar-refractivity contribution in [1.82, 2.24) is 24.3 Å². The Morgan fingerprint density at radius 3 is 2.48 bits per heavy atom. The van der Waals surface area contributed by atoms with Crippen LogP contribution in [0.4, 0.5) is 5.95 Å². The van der Waals surface area contributed by atoms with E-state index in [0.29, 0.717) is 12.0 Å². The first-order valence-corrected chi connectivity index (χ1v) is 10.4. The number of carbonyl (C=O) groups excluding carboxylic acids is 1. The smallest absolute Gasteiger partial charge is 0.229 e. The summed E-state index contributed by atoms with van der Waals surface area (Å²) in [6.07, 6.45) is 1.89. The van der Waals surface area contributed by atoms with Crippen LogP contribution < -0.4 is 15.8 Å². The van der Waals surface area contributed by atoms with E-state index in [9.17, 15) is 0 Å². The molecule has 2 aromatic heterocycles. The zero-order valence-corrected chi connectivity index (χ0v) is 20.0. The van der Waals surface area contributed by atoms with Crippen molar-refractivity contribution in [1.29, 1.82) is 0 Å². The third kappa shape index (κ3) is 5.11. The number of para-hydroxylation sites is 1. The maximum Gasteiger partial charge on any atom is 0.229 e. The fraction of sp³-hybridized carbons (Fsp3) is 0.292. The van der Waals surface area contributed by atoms with Gasteiger partial charge in [0.25, 0.3) is 0 Å². The van der Waals surface area contributed by atoms with Crippen LogP contribution in [0.25, 0.3) is 28.1 Å². The van der Waals surface area contributed by atoms with Crippen LogP contribution in [0.5, 0.6) is 5.75 Å². The molecule has 2 aromatic carbocycles. The van der Waals surface area contributed by atoms with Crippen molar-refractivity contribution in [2.75, 3.05) is 26.5 Å². The highest BCUT2D eigenvalue weighted by Crippen LogP contribution is 2.33. The number of benzene rings is 2. The Hall–Kier alpha value is -3.94. The topological polar surface area (TPSA) is 113 Å². The highest BCUT2D eigenvalue weighted by molar-refractivity contribution is 5.86. The minimum absolute atomic E-state index is 0.324. The summed E-state index contributed by atoms with van der Waals surface area (Å²) in [5.41, 5.74) is 9.49. The molecule has 9 heteroatoms. The molecule has 4 rings (SSSR count). The molecule has 0 saturated heterocycles. The number of nitrogens with two attached hydrogens (primary N) is 1. The molecule has 0 radical (unpaired) electrons. The molecule has 2 heterocycles. The normalized spacial score (nSPS) is 10.1. The van der Waals surface area contributed by atoms with Gasteiger partial charge in [-0.3, -0.25) is 4.57 Å². The first-order chi connectivity index (χ1) is 16.0. The lowest BCUT2D eigenvalue weighted by molar-refractivity contribution is 0.415. The second-order valence-corrected chi connectivity index (χ2v) is 7.15. The third-order valence-electron chi connectivity index (χ3n) is 4.95. The molecule has 0 atom stereocenters. The minimum Gasteiger partial charge on any atom is -0.497 e. The van der Waals surface area contributed by atoms with Gasteiger partial charge in [0.05, 0.1) is 24.6 Å². The van der Waals surface area contributed by atoms with Gasteiger partial charge in [-0.1, -0.05) is 12.1 Å². The number of rotatable bonds is 5. The molecule has 0 unspecified atom stereocenters. The first-order valence-electron chi connectivity index (χ1n) is 10.4. The number of fused-ring (bicyclic) bond motifs is 1. The van der Waals surface area contributed by atoms with Gasteiger partial charge in [0.2, 0.25) is 5.95 Å². The molecule has 3 N–H and O–H groups in total. The number of methoxy groups -OCH3 is 1. The van der Waals surface area contributed by atoms with E-state index in [2.05, 4.69) is 59.2 Å². The molecule has 0 spiro atoms. The molecule has 0 aliphatic carbocycles. The summed E-state index contributed by atoms with van der Waals surface area (Å²) in [7, 11) is 5.01. The molecule has 0 fully saturated rings. The van der Waals surface area contributed by atoms with Crippen LogP contribution in [0.3, 0.4) is 0 Å². The van der Waals surface area contributed by atoms with Gasteiger partial charge in [-0.2, -0.15) is 0 Å². The fourth-order valence-electron chi connectivity index (χ4n) is 3.45. The maximum atomic E-state index is 8.57. The molecular formula is C24H31N7O2. The molecule has 4 aromatic rings. The predicted molar refractivity (Wildman–Crippen MR) is 133 cm³/mol. The van der Waals surface area contributed by atoms with E-state index < -0.39 is 0 Å². The quantitative estimate of drug-likeness (QED) is 0.446. The van der Waals surface area contributed by atoms with Gasteiger partial charge in [0.15, 0.2) is 5.82 Å². The average molecular weight is 450 g/mol. The number of nitrogens with one attached hydrogen (secondary N) is 1. The van der Waals surface area contributed by atoms with Gasteiger partial charge in [0.1, 0.15) is 17.2 Å². The monoisotopic (exact) mass is 449 g/mol. The molecule has 0 saturated carbocycles. The van der Waals surface area contributed by atoms with Crippen molar-refractivity contribution in [3.63, 3.8) is 0 Å². The van der Waals surface area contributed by atoms with Crippen molar-refractivity contribution in [3.05, 3.63) is 54.9 Å². The lowest BCUT2D eigenvalue weighted by Crippen LogP contribution is -2.05. The first kappa shape index (κ1) is 25.3. The summed E-state index contributed by atoms with van der Waals surface area (Å²) < 4.78 is 9.60. The zero-order chi connectivity index (χ0) is 24.5. The Kier molecular flexibility index (Phi) is 8.91. The van der Waals surface area contributed by atoms with Gasteiger partial charge in [0, 0.05) is 18.7 Å². The van der Waals surface area contributed by atoms with Crippen molar-refractivity contribution >= 4 is 22.9 Å². The van der Waals surface area contributed by atoms with E-state index in [1.807, 2.05) is 48.3 Å². The van der Waals surface area contributed by atoms with Crippen LogP contribution in [-0.4, -0.2) is 51.5 Å². The molecule has 0 aliphatic rings. The van der Waals surface area contributed by atoms with Gasteiger partial charge >= 0.3 is 0 Å². The number of anilines is 1. The fourth-order valence-corrected chi connectivity index (χ4v) is 3.45. The summed E-state index contributed by atoms with van der Waals surface area (Å²) in [4.78, 5) is 13.3. The SMILES string of the molecule is C=C=O.CN.CNc1nnc(-c2cc(OC)ccc2C)n1-c1cccc2c1ncn2C(C)C. The Morgan fingerprint density at radius 2 is 1.88 bits per heavy atom. The van der Waals surface area contributed by atoms with Crippen LogP contribution in [0, 0.1) is 6.92 Å². The van der Waals surface area contributed by atoms with E-state index in [0.717, 1.165) is 39.4 Å². The van der Waals surface area contributed by atoms with E-state index in [4.69, 9.17) is 14.5 Å². The average Bonchev–Trinajstić information content (AvgIpc) is 3.45. The molecule has 174 valence electrons. The van der Waals surface area contributed by atoms with Crippen LogP contribution in [0.1, 0.15) is 25.5 Å². The number of aryl methyl sites for hydroxylation is 1. The van der Waals surface area contributed by atoms with Gasteiger partial charge in [-0.05, 0) is 64.2 Å². The summed E-state index contributed by atoms with van der Waals surface area (Å²) in [6.45, 7) is 9.04. The van der Waals surface area contributed by atoms with Crippen molar-refractivity contribution < 1.29 is 9.53 Å². The number of hydrogen-bond donors (Lipinski definition) is 2. The number of nitrogens with zero attached hydrogens (tertiary/aromatic N) is 5. The van der Waals surface area contributed by atoms with Crippen molar-refractivity contribution in [2.24, 2.45) is 5.73 Å². The maximum absolute atomic E-state index is 8.57. The summed E-state index contributed by atoms with van der Waals surface area (Å²) >= 11 is 0. The zero-order valence-electron chi connectivity index (χ0n) is 20.0. The Morgan fingerprint density at radius 1 is 1.18 bits per heavy atom. The number of ether oxygens (including phenoxy) is 1. The Balaban J connectivity index is 0.000000714. The molecule has 9 nitrogen and oxygen atoms in total. The molecule has 0 aliphatic heterocycles. The second kappa shape index (κ2) is 11.6. The Bertz CT molecular complexity index is 1240. The molecule has 33 heavy (non-hydrogen) atoms. The second-order valence-electron chi connectivity index (χ2n) is 7.15. The summed E-state index contributed by atoms with van der Waals surface area (Å²) in [5, 5.41) is 12.0. The lowest BCUT2D eigenvalue weighted by Gasteiger charge is -2.14. The van der Waals surface area contributed by atoms with Gasteiger partial charge in [-0.25, -0.2) is 9.78 Å². The van der Waals surface area contributed by atoms with Crippen LogP contribution in [-0.2, 0) is 4.79 Å². The lowest BCUT2D eigenvalue weighted by atomic mass is 10.1. The Labute approximate surface area is 193 Å². The van der Waals surface area contributed by atoms with Crippen molar-refractivity contribution in [2.45, 2.75) is 26.8 Å². The highest BCUT2D eigenvalue weighted by Gasteiger charge is 2.20.